The lowest BCUT2D eigenvalue weighted by Gasteiger charge is -2.16. The van der Waals surface area contributed by atoms with Crippen LogP contribution < -0.4 is 14.4 Å². The fourth-order valence-electron chi connectivity index (χ4n) is 2.83. The average molecular weight is 380 g/mol. The molecule has 0 spiro atoms. The Labute approximate surface area is 152 Å². The van der Waals surface area contributed by atoms with Crippen molar-refractivity contribution in [3.05, 3.63) is 41.5 Å². The number of nitrogens with one attached hydrogen (secondary N) is 1. The van der Waals surface area contributed by atoms with Gasteiger partial charge in [-0.25, -0.2) is 27.5 Å². The van der Waals surface area contributed by atoms with Crippen molar-refractivity contribution >= 4 is 16.0 Å². The Morgan fingerprint density at radius 1 is 1.23 bits per heavy atom. The van der Waals surface area contributed by atoms with E-state index in [2.05, 4.69) is 19.6 Å². The molecule has 0 atom stereocenters. The number of aryl methyl sites for hydroxylation is 1. The van der Waals surface area contributed by atoms with E-state index in [-0.39, 0.29) is 17.2 Å². The number of hydrogen-bond donors (Lipinski definition) is 1. The molecule has 1 N–H and O–H groups in total. The van der Waals surface area contributed by atoms with Gasteiger partial charge >= 0.3 is 0 Å². The smallest absolute Gasteiger partial charge is 0.241 e. The molecule has 0 unspecified atom stereocenters. The molecule has 1 fully saturated rings. The molecule has 140 valence electrons. The highest BCUT2D eigenvalue weighted by Gasteiger charge is 2.19. The predicted molar refractivity (Wildman–Crippen MR) is 95.2 cm³/mol. The van der Waals surface area contributed by atoms with Gasteiger partial charge in [0.15, 0.2) is 11.6 Å². The van der Waals surface area contributed by atoms with E-state index >= 15 is 0 Å². The summed E-state index contributed by atoms with van der Waals surface area (Å²) in [6.07, 6.45) is 2.20. The van der Waals surface area contributed by atoms with Gasteiger partial charge in [0.1, 0.15) is 0 Å². The van der Waals surface area contributed by atoms with Crippen LogP contribution in [-0.2, 0) is 16.6 Å². The van der Waals surface area contributed by atoms with E-state index < -0.39 is 15.8 Å². The van der Waals surface area contributed by atoms with E-state index in [0.717, 1.165) is 37.7 Å². The molecule has 2 heterocycles. The van der Waals surface area contributed by atoms with Gasteiger partial charge in [-0.05, 0) is 44.0 Å². The minimum Gasteiger partial charge on any atom is -0.494 e. The first kappa shape index (κ1) is 18.5. The molecule has 0 bridgehead atoms. The molecule has 9 heteroatoms. The SMILES string of the molecule is COc1ccc(S(=O)(=O)NCc2cc(C)nc(N3CCCC3)n2)cc1F. The number of anilines is 1. The number of nitrogens with zero attached hydrogens (tertiary/aromatic N) is 3. The number of methoxy groups -OCH3 is 1. The van der Waals surface area contributed by atoms with E-state index in [1.54, 1.807) is 6.07 Å². The predicted octanol–water partition coefficient (Wildman–Crippen LogP) is 2.01. The molecule has 3 rings (SSSR count). The molecule has 0 amide bonds. The van der Waals surface area contributed by atoms with Crippen LogP contribution >= 0.6 is 0 Å². The highest BCUT2D eigenvalue weighted by Crippen LogP contribution is 2.21. The van der Waals surface area contributed by atoms with Crippen LogP contribution in [0.5, 0.6) is 5.75 Å². The summed E-state index contributed by atoms with van der Waals surface area (Å²) in [5, 5.41) is 0. The van der Waals surface area contributed by atoms with Gasteiger partial charge in [-0.1, -0.05) is 0 Å². The van der Waals surface area contributed by atoms with Crippen molar-refractivity contribution in [3.63, 3.8) is 0 Å². The van der Waals surface area contributed by atoms with Crippen LogP contribution in [0.4, 0.5) is 10.3 Å². The summed E-state index contributed by atoms with van der Waals surface area (Å²) < 4.78 is 45.9. The summed E-state index contributed by atoms with van der Waals surface area (Å²) in [4.78, 5) is 10.8. The highest BCUT2D eigenvalue weighted by atomic mass is 32.2. The summed E-state index contributed by atoms with van der Waals surface area (Å²) in [6, 6.07) is 5.24. The number of hydrogen-bond acceptors (Lipinski definition) is 6. The third kappa shape index (κ3) is 4.10. The molecule has 0 aliphatic carbocycles. The third-order valence-electron chi connectivity index (χ3n) is 4.16. The van der Waals surface area contributed by atoms with Crippen LogP contribution in [0.25, 0.3) is 0 Å². The van der Waals surface area contributed by atoms with Gasteiger partial charge in [0.25, 0.3) is 0 Å². The summed E-state index contributed by atoms with van der Waals surface area (Å²) in [6.45, 7) is 3.65. The van der Waals surface area contributed by atoms with Crippen LogP contribution in [0, 0.1) is 12.7 Å². The topological polar surface area (TPSA) is 84.4 Å². The Kier molecular flexibility index (Phi) is 5.38. The lowest BCUT2D eigenvalue weighted by atomic mass is 10.3. The van der Waals surface area contributed by atoms with E-state index in [1.807, 2.05) is 6.92 Å². The average Bonchev–Trinajstić information content (AvgIpc) is 3.14. The fraction of sp³-hybridized carbons (Fsp3) is 0.412. The van der Waals surface area contributed by atoms with Gasteiger partial charge in [-0.2, -0.15) is 0 Å². The largest absolute Gasteiger partial charge is 0.494 e. The Morgan fingerprint density at radius 3 is 2.62 bits per heavy atom. The maximum Gasteiger partial charge on any atom is 0.241 e. The van der Waals surface area contributed by atoms with Crippen LogP contribution in [-0.4, -0.2) is 38.6 Å². The molecule has 0 saturated carbocycles. The third-order valence-corrected chi connectivity index (χ3v) is 5.56. The van der Waals surface area contributed by atoms with Crippen molar-refractivity contribution in [3.8, 4) is 5.75 Å². The Bertz CT molecular complexity index is 899. The molecular weight excluding hydrogens is 359 g/mol. The Balaban J connectivity index is 1.76. The maximum atomic E-state index is 13.8. The molecule has 7 nitrogen and oxygen atoms in total. The Morgan fingerprint density at radius 2 is 1.96 bits per heavy atom. The van der Waals surface area contributed by atoms with Gasteiger partial charge < -0.3 is 9.64 Å². The number of halogens is 1. The zero-order chi connectivity index (χ0) is 18.7. The molecule has 0 radical (unpaired) electrons. The summed E-state index contributed by atoms with van der Waals surface area (Å²) in [5.74, 6) is -0.123. The number of ether oxygens (including phenoxy) is 1. The van der Waals surface area contributed by atoms with E-state index in [1.165, 1.54) is 19.2 Å². The normalized spacial score (nSPS) is 14.7. The quantitative estimate of drug-likeness (QED) is 0.825. The first-order chi connectivity index (χ1) is 12.4. The highest BCUT2D eigenvalue weighted by molar-refractivity contribution is 7.89. The van der Waals surface area contributed by atoms with Gasteiger partial charge in [0, 0.05) is 18.8 Å². The molecule has 1 aromatic heterocycles. The van der Waals surface area contributed by atoms with Crippen molar-refractivity contribution in [2.45, 2.75) is 31.2 Å². The van der Waals surface area contributed by atoms with Gasteiger partial charge in [-0.3, -0.25) is 0 Å². The second-order valence-electron chi connectivity index (χ2n) is 6.12. The molecule has 1 aromatic carbocycles. The minimum atomic E-state index is -3.87. The summed E-state index contributed by atoms with van der Waals surface area (Å²) >= 11 is 0. The van der Waals surface area contributed by atoms with Crippen molar-refractivity contribution in [2.24, 2.45) is 0 Å². The second-order valence-corrected chi connectivity index (χ2v) is 7.88. The number of sulfonamides is 1. The zero-order valence-electron chi connectivity index (χ0n) is 14.7. The summed E-state index contributed by atoms with van der Waals surface area (Å²) in [5.41, 5.74) is 1.34. The van der Waals surface area contributed by atoms with Gasteiger partial charge in [-0.15, -0.1) is 0 Å². The minimum absolute atomic E-state index is 0.000180. The standard InChI is InChI=1S/C17H21FN4O3S/c1-12-9-13(21-17(20-12)22-7-3-4-8-22)11-19-26(23,24)14-5-6-16(25-2)15(18)10-14/h5-6,9-10,19H,3-4,7-8,11H2,1-2H3. The summed E-state index contributed by atoms with van der Waals surface area (Å²) in [7, 11) is -2.55. The lowest BCUT2D eigenvalue weighted by molar-refractivity contribution is 0.385. The van der Waals surface area contributed by atoms with Gasteiger partial charge in [0.2, 0.25) is 16.0 Å². The lowest BCUT2D eigenvalue weighted by Crippen LogP contribution is -2.25. The maximum absolute atomic E-state index is 13.8. The van der Waals surface area contributed by atoms with E-state index in [9.17, 15) is 12.8 Å². The van der Waals surface area contributed by atoms with E-state index in [0.29, 0.717) is 11.6 Å². The molecule has 1 saturated heterocycles. The molecule has 1 aliphatic rings. The van der Waals surface area contributed by atoms with Crippen LogP contribution in [0.2, 0.25) is 0 Å². The second kappa shape index (κ2) is 7.55. The molecular formula is C17H21FN4O3S. The molecule has 26 heavy (non-hydrogen) atoms. The van der Waals surface area contributed by atoms with Crippen molar-refractivity contribution in [1.82, 2.24) is 14.7 Å². The van der Waals surface area contributed by atoms with Crippen LogP contribution in [0.1, 0.15) is 24.2 Å². The molecule has 2 aromatic rings. The number of benzene rings is 1. The number of aromatic nitrogens is 2. The van der Waals surface area contributed by atoms with Crippen molar-refractivity contribution in [2.75, 3.05) is 25.1 Å². The van der Waals surface area contributed by atoms with Gasteiger partial charge in [0.05, 0.1) is 24.2 Å². The monoisotopic (exact) mass is 380 g/mol. The zero-order valence-corrected chi connectivity index (χ0v) is 15.5. The fourth-order valence-corrected chi connectivity index (χ4v) is 3.84. The number of rotatable bonds is 6. The van der Waals surface area contributed by atoms with Crippen molar-refractivity contribution in [1.29, 1.82) is 0 Å². The van der Waals surface area contributed by atoms with E-state index in [4.69, 9.17) is 4.74 Å². The van der Waals surface area contributed by atoms with Crippen molar-refractivity contribution < 1.29 is 17.5 Å². The first-order valence-corrected chi connectivity index (χ1v) is 9.80. The first-order valence-electron chi connectivity index (χ1n) is 8.32. The Hall–Kier alpha value is -2.26. The van der Waals surface area contributed by atoms with Crippen LogP contribution in [0.15, 0.2) is 29.2 Å². The van der Waals surface area contributed by atoms with Crippen LogP contribution in [0.3, 0.4) is 0 Å². The molecule has 1 aliphatic heterocycles.